The Bertz CT molecular complexity index is 1350. The van der Waals surface area contributed by atoms with Crippen LogP contribution >= 0.6 is 22.7 Å². The number of fused-ring (bicyclic) bond motifs is 2. The maximum absolute atomic E-state index is 12.5. The van der Waals surface area contributed by atoms with Crippen LogP contribution in [0.3, 0.4) is 0 Å². The molecule has 2 heterocycles. The van der Waals surface area contributed by atoms with Gasteiger partial charge in [0.15, 0.2) is 20.1 Å². The van der Waals surface area contributed by atoms with Crippen molar-refractivity contribution in [2.75, 3.05) is 30.1 Å². The second-order valence-electron chi connectivity index (χ2n) is 7.20. The SMILES string of the molecule is Cc1ccc(C)c2sc(N(C)CC(=O)Nc3nc4ccc(S(C)(=O)=O)cc4s3)nc12. The summed E-state index contributed by atoms with van der Waals surface area (Å²) in [4.78, 5) is 23.7. The number of benzene rings is 2. The highest BCUT2D eigenvalue weighted by molar-refractivity contribution is 7.90. The highest BCUT2D eigenvalue weighted by Gasteiger charge is 2.16. The third-order valence-corrected chi connectivity index (χ3v) is 8.02. The number of nitrogens with one attached hydrogen (secondary N) is 1. The third kappa shape index (κ3) is 4.03. The maximum atomic E-state index is 12.5. The molecular formula is C20H20N4O3S3. The van der Waals surface area contributed by atoms with Crippen LogP contribution in [0.5, 0.6) is 0 Å². The maximum Gasteiger partial charge on any atom is 0.245 e. The molecule has 0 bridgehead atoms. The number of carbonyl (C=O) groups excluding carboxylic acids is 1. The van der Waals surface area contributed by atoms with Gasteiger partial charge in [-0.2, -0.15) is 0 Å². The molecule has 0 saturated carbocycles. The number of hydrogen-bond donors (Lipinski definition) is 1. The molecule has 4 aromatic rings. The van der Waals surface area contributed by atoms with Gasteiger partial charge in [-0.25, -0.2) is 18.4 Å². The van der Waals surface area contributed by atoms with Gasteiger partial charge in [-0.05, 0) is 43.2 Å². The van der Waals surface area contributed by atoms with E-state index >= 15 is 0 Å². The van der Waals surface area contributed by atoms with Gasteiger partial charge in [-0.3, -0.25) is 4.79 Å². The fourth-order valence-electron chi connectivity index (χ4n) is 3.04. The molecule has 2 aromatic carbocycles. The van der Waals surface area contributed by atoms with Crippen LogP contribution in [0.2, 0.25) is 0 Å². The quantitative estimate of drug-likeness (QED) is 0.484. The van der Waals surface area contributed by atoms with Gasteiger partial charge in [0.2, 0.25) is 5.91 Å². The molecule has 0 radical (unpaired) electrons. The van der Waals surface area contributed by atoms with Crippen LogP contribution in [-0.4, -0.2) is 44.1 Å². The number of sulfone groups is 1. The smallest absolute Gasteiger partial charge is 0.245 e. The summed E-state index contributed by atoms with van der Waals surface area (Å²) in [6.45, 7) is 4.21. The van der Waals surface area contributed by atoms with Crippen molar-refractivity contribution in [3.05, 3.63) is 41.5 Å². The van der Waals surface area contributed by atoms with Gasteiger partial charge in [0.1, 0.15) is 0 Å². The molecule has 0 spiro atoms. The largest absolute Gasteiger partial charge is 0.342 e. The number of hydrogen-bond acceptors (Lipinski definition) is 8. The van der Waals surface area contributed by atoms with E-state index in [0.29, 0.717) is 15.3 Å². The molecule has 30 heavy (non-hydrogen) atoms. The predicted octanol–water partition coefficient (Wildman–Crippen LogP) is 4.00. The van der Waals surface area contributed by atoms with Crippen molar-refractivity contribution in [2.24, 2.45) is 0 Å². The molecule has 1 amide bonds. The number of thiazole rings is 2. The Labute approximate surface area is 182 Å². The number of anilines is 2. The second kappa shape index (κ2) is 7.60. The molecular weight excluding hydrogens is 440 g/mol. The summed E-state index contributed by atoms with van der Waals surface area (Å²) in [7, 11) is -1.46. The standard InChI is InChI=1S/C20H20N4O3S3/c1-11-5-6-12(2)18-17(11)23-20(29-18)24(3)10-16(25)22-19-21-14-8-7-13(30(4,26)27)9-15(14)28-19/h5-9H,10H2,1-4H3,(H,21,22,25). The number of likely N-dealkylation sites (N-methyl/N-ethyl adjacent to an activating group) is 1. The highest BCUT2D eigenvalue weighted by atomic mass is 32.2. The van der Waals surface area contributed by atoms with E-state index in [4.69, 9.17) is 4.98 Å². The average molecular weight is 461 g/mol. The van der Waals surface area contributed by atoms with Crippen LogP contribution in [0, 0.1) is 13.8 Å². The van der Waals surface area contributed by atoms with Crippen LogP contribution in [-0.2, 0) is 14.6 Å². The summed E-state index contributed by atoms with van der Waals surface area (Å²) in [6.07, 6.45) is 1.17. The Balaban J connectivity index is 1.50. The van der Waals surface area contributed by atoms with Gasteiger partial charge in [0.25, 0.3) is 0 Å². The van der Waals surface area contributed by atoms with Crippen molar-refractivity contribution in [1.82, 2.24) is 9.97 Å². The topological polar surface area (TPSA) is 92.3 Å². The molecule has 7 nitrogen and oxygen atoms in total. The van der Waals surface area contributed by atoms with Crippen LogP contribution in [0.25, 0.3) is 20.4 Å². The van der Waals surface area contributed by atoms with E-state index in [1.165, 1.54) is 29.2 Å². The molecule has 0 unspecified atom stereocenters. The van der Waals surface area contributed by atoms with E-state index < -0.39 is 9.84 Å². The molecule has 0 aliphatic heterocycles. The Hall–Kier alpha value is -2.56. The van der Waals surface area contributed by atoms with Gasteiger partial charge >= 0.3 is 0 Å². The summed E-state index contributed by atoms with van der Waals surface area (Å²) < 4.78 is 25.3. The summed E-state index contributed by atoms with van der Waals surface area (Å²) in [5.41, 5.74) is 3.89. The van der Waals surface area contributed by atoms with Crippen LogP contribution in [0.4, 0.5) is 10.3 Å². The number of aryl methyl sites for hydroxylation is 2. The zero-order chi connectivity index (χ0) is 21.6. The lowest BCUT2D eigenvalue weighted by atomic mass is 10.1. The monoisotopic (exact) mass is 460 g/mol. The van der Waals surface area contributed by atoms with E-state index in [1.807, 2.05) is 18.9 Å². The average Bonchev–Trinajstić information content (AvgIpc) is 3.28. The molecule has 0 atom stereocenters. The highest BCUT2D eigenvalue weighted by Crippen LogP contribution is 2.32. The molecule has 10 heteroatoms. The second-order valence-corrected chi connectivity index (χ2v) is 11.2. The van der Waals surface area contributed by atoms with Crippen molar-refractivity contribution < 1.29 is 13.2 Å². The molecule has 0 aliphatic rings. The number of aromatic nitrogens is 2. The Kier molecular flexibility index (Phi) is 5.25. The first-order chi connectivity index (χ1) is 14.1. The first-order valence-electron chi connectivity index (χ1n) is 9.10. The lowest BCUT2D eigenvalue weighted by Crippen LogP contribution is -2.29. The predicted molar refractivity (Wildman–Crippen MR) is 124 cm³/mol. The third-order valence-electron chi connectivity index (χ3n) is 4.67. The first kappa shape index (κ1) is 20.7. The summed E-state index contributed by atoms with van der Waals surface area (Å²) in [5, 5.41) is 4.01. The number of carbonyl (C=O) groups is 1. The minimum atomic E-state index is -3.29. The van der Waals surface area contributed by atoms with Crippen molar-refractivity contribution >= 4 is 69.1 Å². The van der Waals surface area contributed by atoms with Gasteiger partial charge in [0.05, 0.1) is 31.9 Å². The van der Waals surface area contributed by atoms with Crippen LogP contribution in [0.1, 0.15) is 11.1 Å². The Morgan fingerprint density at radius 2 is 1.83 bits per heavy atom. The number of amides is 1. The van der Waals surface area contributed by atoms with E-state index in [9.17, 15) is 13.2 Å². The van der Waals surface area contributed by atoms with Crippen molar-refractivity contribution in [3.8, 4) is 0 Å². The summed E-state index contributed by atoms with van der Waals surface area (Å²) in [5.74, 6) is -0.215. The zero-order valence-electron chi connectivity index (χ0n) is 16.9. The normalized spacial score (nSPS) is 11.9. The molecule has 1 N–H and O–H groups in total. The van der Waals surface area contributed by atoms with Crippen molar-refractivity contribution in [1.29, 1.82) is 0 Å². The molecule has 156 valence electrons. The minimum Gasteiger partial charge on any atom is -0.342 e. The van der Waals surface area contributed by atoms with E-state index in [1.54, 1.807) is 23.5 Å². The number of nitrogens with zero attached hydrogens (tertiary/aromatic N) is 3. The van der Waals surface area contributed by atoms with E-state index in [-0.39, 0.29) is 17.3 Å². The first-order valence-corrected chi connectivity index (χ1v) is 12.6. The van der Waals surface area contributed by atoms with Crippen molar-refractivity contribution in [3.63, 3.8) is 0 Å². The van der Waals surface area contributed by atoms with Gasteiger partial charge in [-0.15, -0.1) is 0 Å². The fraction of sp³-hybridized carbons (Fsp3) is 0.250. The number of rotatable bonds is 5. The molecule has 0 saturated heterocycles. The van der Waals surface area contributed by atoms with Crippen LogP contribution < -0.4 is 10.2 Å². The molecule has 0 aliphatic carbocycles. The van der Waals surface area contributed by atoms with Gasteiger partial charge in [0, 0.05) is 13.3 Å². The fourth-order valence-corrected chi connectivity index (χ4v) is 5.76. The molecule has 4 rings (SSSR count). The minimum absolute atomic E-state index is 0.127. The zero-order valence-corrected chi connectivity index (χ0v) is 19.3. The van der Waals surface area contributed by atoms with E-state index in [2.05, 4.69) is 29.4 Å². The van der Waals surface area contributed by atoms with Crippen LogP contribution in [0.15, 0.2) is 35.2 Å². The Morgan fingerprint density at radius 1 is 1.10 bits per heavy atom. The lowest BCUT2D eigenvalue weighted by Gasteiger charge is -2.14. The summed E-state index contributed by atoms with van der Waals surface area (Å²) in [6, 6.07) is 8.88. The van der Waals surface area contributed by atoms with E-state index in [0.717, 1.165) is 20.9 Å². The molecule has 2 aromatic heterocycles. The van der Waals surface area contributed by atoms with Gasteiger partial charge < -0.3 is 10.2 Å². The van der Waals surface area contributed by atoms with Gasteiger partial charge in [-0.1, -0.05) is 34.8 Å². The Morgan fingerprint density at radius 3 is 2.53 bits per heavy atom. The summed E-state index contributed by atoms with van der Waals surface area (Å²) >= 11 is 2.81. The lowest BCUT2D eigenvalue weighted by molar-refractivity contribution is -0.114. The molecule has 0 fully saturated rings. The van der Waals surface area contributed by atoms with Crippen molar-refractivity contribution in [2.45, 2.75) is 18.7 Å².